The number of hydrogen-bond donors (Lipinski definition) is 1. The highest BCUT2D eigenvalue weighted by molar-refractivity contribution is 9.09. The minimum absolute atomic E-state index is 0.169. The second kappa shape index (κ2) is 19.7. The first-order valence-electron chi connectivity index (χ1n) is 12.8. The molecule has 0 aliphatic heterocycles. The number of aliphatic hydroxyl groups excluding tert-OH is 1. The quantitative estimate of drug-likeness (QED) is 0.0806. The van der Waals surface area contributed by atoms with Crippen molar-refractivity contribution in [1.82, 2.24) is 0 Å². The van der Waals surface area contributed by atoms with Crippen LogP contribution in [0.15, 0.2) is 24.3 Å². The van der Waals surface area contributed by atoms with Crippen LogP contribution < -0.4 is 0 Å². The number of aliphatic hydroxyl groups is 1. The number of hydrogen-bond acceptors (Lipinski definition) is 6. The summed E-state index contributed by atoms with van der Waals surface area (Å²) in [5.41, 5.74) is 0. The number of esters is 1. The van der Waals surface area contributed by atoms with Crippen molar-refractivity contribution in [2.45, 2.75) is 117 Å². The summed E-state index contributed by atoms with van der Waals surface area (Å²) < 4.78 is 17.0. The van der Waals surface area contributed by atoms with E-state index >= 15 is 0 Å². The molecule has 2 atom stereocenters. The van der Waals surface area contributed by atoms with E-state index in [4.69, 9.17) is 30.3 Å². The molecule has 0 fully saturated rings. The lowest BCUT2D eigenvalue weighted by atomic mass is 10.2. The van der Waals surface area contributed by atoms with Gasteiger partial charge in [0.05, 0.1) is 24.6 Å². The zero-order chi connectivity index (χ0) is 30.1. The monoisotopic (exact) mass is 644 g/mol. The molecule has 0 aliphatic carbocycles. The van der Waals surface area contributed by atoms with Crippen LogP contribution >= 0.6 is 27.5 Å². The molecule has 0 amide bonds. The lowest BCUT2D eigenvalue weighted by Gasteiger charge is -2.35. The predicted molar refractivity (Wildman–Crippen MR) is 167 cm³/mol. The topological polar surface area (TPSA) is 82.1 Å². The minimum Gasteiger partial charge on any atom is -0.458 e. The van der Waals surface area contributed by atoms with Gasteiger partial charge in [0, 0.05) is 6.42 Å². The molecular formula is C27H54BrClO6Si2. The Labute approximate surface area is 242 Å². The summed E-state index contributed by atoms with van der Waals surface area (Å²) in [6.45, 7) is 28.8. The predicted octanol–water partition coefficient (Wildman–Crippen LogP) is 8.00. The van der Waals surface area contributed by atoms with Gasteiger partial charge in [-0.2, -0.15) is 0 Å². The number of carbonyl (C=O) groups excluding carboxylic acids is 2. The summed E-state index contributed by atoms with van der Waals surface area (Å²) in [6.07, 6.45) is 7.32. The van der Waals surface area contributed by atoms with Gasteiger partial charge in [-0.15, -0.1) is 0 Å². The molecule has 0 aromatic heterocycles. The third kappa shape index (κ3) is 23.3. The first-order valence-corrected chi connectivity index (χ1v) is 20.1. The van der Waals surface area contributed by atoms with Crippen molar-refractivity contribution in [2.75, 3.05) is 18.5 Å². The molecule has 37 heavy (non-hydrogen) atoms. The third-order valence-corrected chi connectivity index (χ3v) is 16.2. The molecule has 10 heteroatoms. The van der Waals surface area contributed by atoms with Gasteiger partial charge < -0.3 is 18.7 Å². The van der Waals surface area contributed by atoms with E-state index in [-0.39, 0.29) is 38.8 Å². The van der Waals surface area contributed by atoms with Gasteiger partial charge in [0.25, 0.3) is 0 Å². The van der Waals surface area contributed by atoms with Gasteiger partial charge in [0.2, 0.25) is 5.24 Å². The largest absolute Gasteiger partial charge is 0.458 e. The second-order valence-corrected chi connectivity index (χ2v) is 22.4. The SMILES string of the molecule is CCC(=O)O[C@@H](C)/C=C\CO[Si](C)(C)C(C)(C)C.C[C@H](O)/C=C\CO[Si](C)(C)C(C)(C)C.O=C(Cl)CBr. The van der Waals surface area contributed by atoms with Crippen molar-refractivity contribution in [2.24, 2.45) is 0 Å². The maximum absolute atomic E-state index is 11.1. The van der Waals surface area contributed by atoms with E-state index < -0.39 is 16.6 Å². The average molecular weight is 646 g/mol. The first-order chi connectivity index (χ1) is 16.5. The maximum atomic E-state index is 11.1. The molecule has 0 aliphatic rings. The van der Waals surface area contributed by atoms with Crippen molar-refractivity contribution >= 4 is 55.4 Å². The van der Waals surface area contributed by atoms with Crippen molar-refractivity contribution in [3.63, 3.8) is 0 Å². The van der Waals surface area contributed by atoms with E-state index in [1.54, 1.807) is 19.9 Å². The van der Waals surface area contributed by atoms with Gasteiger partial charge in [-0.3, -0.25) is 9.59 Å². The highest BCUT2D eigenvalue weighted by Gasteiger charge is 2.37. The lowest BCUT2D eigenvalue weighted by molar-refractivity contribution is -0.145. The van der Waals surface area contributed by atoms with Crippen molar-refractivity contribution in [3.05, 3.63) is 24.3 Å². The molecule has 1 N–H and O–H groups in total. The van der Waals surface area contributed by atoms with Gasteiger partial charge >= 0.3 is 5.97 Å². The molecule has 6 nitrogen and oxygen atoms in total. The van der Waals surface area contributed by atoms with Crippen LogP contribution in [0, 0.1) is 0 Å². The molecule has 220 valence electrons. The fourth-order valence-electron chi connectivity index (χ4n) is 1.78. The van der Waals surface area contributed by atoms with E-state index in [9.17, 15) is 9.59 Å². The summed E-state index contributed by atoms with van der Waals surface area (Å²) in [5.74, 6) is -0.169. The Hall–Kier alpha value is -0.296. The molecule has 0 rings (SSSR count). The summed E-state index contributed by atoms with van der Waals surface area (Å²) in [7, 11) is -3.28. The van der Waals surface area contributed by atoms with Gasteiger partial charge in [-0.05, 0) is 67.8 Å². The van der Waals surface area contributed by atoms with Crippen molar-refractivity contribution in [3.8, 4) is 0 Å². The average Bonchev–Trinajstić information content (AvgIpc) is 2.73. The van der Waals surface area contributed by atoms with Gasteiger partial charge in [-0.1, -0.05) is 82.6 Å². The van der Waals surface area contributed by atoms with E-state index in [0.29, 0.717) is 19.6 Å². The van der Waals surface area contributed by atoms with Crippen LogP contribution in [-0.2, 0) is 23.2 Å². The molecule has 0 aromatic rings. The van der Waals surface area contributed by atoms with Crippen LogP contribution in [-0.4, -0.2) is 63.7 Å². The van der Waals surface area contributed by atoms with Crippen molar-refractivity contribution in [1.29, 1.82) is 0 Å². The summed E-state index contributed by atoms with van der Waals surface area (Å²) in [5, 5.41) is 9.38. The van der Waals surface area contributed by atoms with E-state index in [1.807, 2.05) is 25.2 Å². The van der Waals surface area contributed by atoms with Crippen LogP contribution in [0.1, 0.15) is 68.7 Å². The Balaban J connectivity index is -0.000000539. The summed E-state index contributed by atoms with van der Waals surface area (Å²) in [4.78, 5) is 20.6. The first kappa shape index (κ1) is 41.2. The van der Waals surface area contributed by atoms with Crippen LogP contribution in [0.5, 0.6) is 0 Å². The highest BCUT2D eigenvalue weighted by atomic mass is 79.9. The Morgan fingerprint density at radius 2 is 1.24 bits per heavy atom. The number of halogens is 2. The fraction of sp³-hybridized carbons (Fsp3) is 0.778. The van der Waals surface area contributed by atoms with Crippen LogP contribution in [0.2, 0.25) is 36.3 Å². The lowest BCUT2D eigenvalue weighted by Crippen LogP contribution is -2.40. The molecule has 0 heterocycles. The molecule has 0 aromatic carbocycles. The van der Waals surface area contributed by atoms with Gasteiger partial charge in [0.1, 0.15) is 6.10 Å². The maximum Gasteiger partial charge on any atom is 0.306 e. The normalized spacial score (nSPS) is 14.4. The van der Waals surface area contributed by atoms with Crippen LogP contribution in [0.25, 0.3) is 0 Å². The number of carbonyl (C=O) groups is 2. The van der Waals surface area contributed by atoms with Gasteiger partial charge in [-0.25, -0.2) is 0 Å². The molecule has 0 spiro atoms. The smallest absolute Gasteiger partial charge is 0.306 e. The summed E-state index contributed by atoms with van der Waals surface area (Å²) in [6, 6.07) is 0. The number of rotatable bonds is 11. The zero-order valence-corrected chi connectivity index (χ0v) is 29.9. The van der Waals surface area contributed by atoms with E-state index in [1.165, 1.54) is 0 Å². The Morgan fingerprint density at radius 1 is 0.892 bits per heavy atom. The highest BCUT2D eigenvalue weighted by Crippen LogP contribution is 2.37. The van der Waals surface area contributed by atoms with E-state index in [0.717, 1.165) is 0 Å². The summed E-state index contributed by atoms with van der Waals surface area (Å²) >= 11 is 7.61. The third-order valence-electron chi connectivity index (χ3n) is 6.23. The molecule has 0 unspecified atom stereocenters. The second-order valence-electron chi connectivity index (χ2n) is 11.8. The fourth-order valence-corrected chi connectivity index (χ4v) is 3.67. The van der Waals surface area contributed by atoms with Crippen molar-refractivity contribution < 1.29 is 28.3 Å². The Morgan fingerprint density at radius 3 is 1.51 bits per heavy atom. The standard InChI is InChI=1S/C14H28O3Si.C11H24O2Si.C2H2BrClO/c1-8-13(15)17-12(2)10-9-11-16-18(6,7)14(3,4)5;1-10(12)8-7-9-13-14(5,6)11(2,3)4;3-1-2(4)5/h9-10,12H,8,11H2,1-7H3;7-8,10,12H,9H2,1-6H3;1H2/b10-9-;8-7-;/t12-;10-;/m00./s1. The molecule has 0 saturated heterocycles. The molecular weight excluding hydrogens is 592 g/mol. The van der Waals surface area contributed by atoms with Crippen LogP contribution in [0.4, 0.5) is 0 Å². The molecule has 0 radical (unpaired) electrons. The van der Waals surface area contributed by atoms with Crippen LogP contribution in [0.3, 0.4) is 0 Å². The Bertz CT molecular complexity index is 696. The minimum atomic E-state index is -1.67. The molecule has 0 saturated carbocycles. The number of alkyl halides is 1. The zero-order valence-electron chi connectivity index (χ0n) is 25.5. The number of ether oxygens (including phenoxy) is 1. The van der Waals surface area contributed by atoms with Gasteiger partial charge in [0.15, 0.2) is 16.6 Å². The Kier molecular flexibility index (Phi) is 21.9. The molecule has 0 bridgehead atoms. The van der Waals surface area contributed by atoms with E-state index in [2.05, 4.69) is 83.7 Å².